The van der Waals surface area contributed by atoms with Crippen LogP contribution in [0.1, 0.15) is 26.2 Å². The average molecular weight is 175 g/mol. The topological polar surface area (TPSA) is 38.4 Å². The molecule has 0 heterocycles. The molecule has 0 spiro atoms. The highest BCUT2D eigenvalue weighted by atomic mass is 16.5. The van der Waals surface area contributed by atoms with Gasteiger partial charge >= 0.3 is 0 Å². The summed E-state index contributed by atoms with van der Waals surface area (Å²) in [5, 5.41) is 10.00. The largest absolute Gasteiger partial charge is 0.381 e. The van der Waals surface area contributed by atoms with E-state index in [1.54, 1.807) is 0 Å². The van der Waals surface area contributed by atoms with Gasteiger partial charge in [0.05, 0.1) is 6.61 Å². The molecule has 3 nitrogen and oxygen atoms in total. The Morgan fingerprint density at radius 3 is 2.08 bits per heavy atom. The van der Waals surface area contributed by atoms with Gasteiger partial charge in [-0.25, -0.2) is 5.11 Å². The average Bonchev–Trinajstić information content (AvgIpc) is 2.10. The molecule has 0 bridgehead atoms. The molecule has 12 heavy (non-hydrogen) atoms. The van der Waals surface area contributed by atoms with Crippen LogP contribution < -0.4 is 0 Å². The van der Waals surface area contributed by atoms with E-state index in [0.29, 0.717) is 19.6 Å². The van der Waals surface area contributed by atoms with Gasteiger partial charge < -0.3 is 9.47 Å². The summed E-state index contributed by atoms with van der Waals surface area (Å²) < 4.78 is 10.4. The third kappa shape index (κ3) is 9.88. The van der Waals surface area contributed by atoms with Gasteiger partial charge in [-0.1, -0.05) is 6.92 Å². The van der Waals surface area contributed by atoms with Crippen LogP contribution >= 0.6 is 0 Å². The molecule has 0 aromatic carbocycles. The van der Waals surface area contributed by atoms with Crippen LogP contribution in [0.2, 0.25) is 0 Å². The molecule has 0 amide bonds. The van der Waals surface area contributed by atoms with Crippen LogP contribution in [-0.4, -0.2) is 33.0 Å². The maximum absolute atomic E-state index is 10.00. The van der Waals surface area contributed by atoms with Gasteiger partial charge in [0.1, 0.15) is 0 Å². The minimum absolute atomic E-state index is 0.0354. The zero-order valence-corrected chi connectivity index (χ0v) is 7.88. The molecule has 0 aromatic rings. The lowest BCUT2D eigenvalue weighted by atomic mass is 10.4. The third-order valence-corrected chi connectivity index (χ3v) is 1.36. The third-order valence-electron chi connectivity index (χ3n) is 1.36. The fourth-order valence-corrected chi connectivity index (χ4v) is 0.772. The fourth-order valence-electron chi connectivity index (χ4n) is 0.772. The molecule has 0 aliphatic heterocycles. The molecular weight excluding hydrogens is 156 g/mol. The van der Waals surface area contributed by atoms with E-state index in [9.17, 15) is 5.11 Å². The zero-order chi connectivity index (χ0) is 9.07. The summed E-state index contributed by atoms with van der Waals surface area (Å²) in [5.74, 6) is 0. The molecule has 0 aromatic heterocycles. The molecule has 0 aliphatic rings. The van der Waals surface area contributed by atoms with Crippen LogP contribution in [0.5, 0.6) is 0 Å². The highest BCUT2D eigenvalue weighted by Gasteiger charge is 1.89. The minimum Gasteiger partial charge on any atom is -0.381 e. The van der Waals surface area contributed by atoms with Gasteiger partial charge in [0.15, 0.2) is 0 Å². The molecule has 0 N–H and O–H groups in total. The summed E-state index contributed by atoms with van der Waals surface area (Å²) in [6.45, 7) is 4.96. The second-order valence-corrected chi connectivity index (χ2v) is 2.64. The molecule has 0 atom stereocenters. The highest BCUT2D eigenvalue weighted by Crippen LogP contribution is 1.88. The van der Waals surface area contributed by atoms with Gasteiger partial charge in [0.2, 0.25) is 0 Å². The van der Waals surface area contributed by atoms with Crippen molar-refractivity contribution >= 4 is 0 Å². The molecule has 0 aliphatic carbocycles. The zero-order valence-electron chi connectivity index (χ0n) is 7.88. The van der Waals surface area contributed by atoms with E-state index in [4.69, 9.17) is 9.47 Å². The fraction of sp³-hybridized carbons (Fsp3) is 1.00. The standard InChI is InChI=1S/C9H19O3/c1-2-6-11-8-4-9-12-7-3-5-10/h2-9H2,1H3. The van der Waals surface area contributed by atoms with E-state index in [0.717, 1.165) is 26.1 Å². The maximum atomic E-state index is 10.00. The first-order valence-electron chi connectivity index (χ1n) is 4.65. The highest BCUT2D eigenvalue weighted by molar-refractivity contribution is 4.36. The van der Waals surface area contributed by atoms with Crippen molar-refractivity contribution in [2.75, 3.05) is 33.0 Å². The van der Waals surface area contributed by atoms with Gasteiger partial charge in [0.25, 0.3) is 0 Å². The molecule has 1 radical (unpaired) electrons. The van der Waals surface area contributed by atoms with Crippen LogP contribution in [0.15, 0.2) is 0 Å². The summed E-state index contributed by atoms with van der Waals surface area (Å²) in [6.07, 6.45) is 2.62. The van der Waals surface area contributed by atoms with E-state index in [-0.39, 0.29) is 6.61 Å². The summed E-state index contributed by atoms with van der Waals surface area (Å²) in [6, 6.07) is 0. The van der Waals surface area contributed by atoms with Gasteiger partial charge in [-0.05, 0) is 19.3 Å². The second kappa shape index (κ2) is 10.9. The maximum Gasteiger partial charge on any atom is 0.0844 e. The lowest BCUT2D eigenvalue weighted by Crippen LogP contribution is -2.03. The quantitative estimate of drug-likeness (QED) is 0.500. The minimum atomic E-state index is -0.0354. The number of ether oxygens (including phenoxy) is 2. The number of hydrogen-bond donors (Lipinski definition) is 0. The normalized spacial score (nSPS) is 10.5. The van der Waals surface area contributed by atoms with Crippen molar-refractivity contribution < 1.29 is 14.6 Å². The van der Waals surface area contributed by atoms with Crippen molar-refractivity contribution in [1.82, 2.24) is 0 Å². The van der Waals surface area contributed by atoms with E-state index < -0.39 is 0 Å². The van der Waals surface area contributed by atoms with Gasteiger partial charge in [-0.2, -0.15) is 0 Å². The van der Waals surface area contributed by atoms with Crippen molar-refractivity contribution in [3.63, 3.8) is 0 Å². The molecule has 3 heteroatoms. The summed E-state index contributed by atoms with van der Waals surface area (Å²) >= 11 is 0. The van der Waals surface area contributed by atoms with Crippen molar-refractivity contribution in [2.45, 2.75) is 26.2 Å². The SMILES string of the molecule is CCCOCCCOCCC[O]. The predicted octanol–water partition coefficient (Wildman–Crippen LogP) is 1.64. The predicted molar refractivity (Wildman–Crippen MR) is 46.7 cm³/mol. The van der Waals surface area contributed by atoms with E-state index in [2.05, 4.69) is 6.92 Å². The van der Waals surface area contributed by atoms with Crippen molar-refractivity contribution in [3.8, 4) is 0 Å². The van der Waals surface area contributed by atoms with Crippen LogP contribution in [-0.2, 0) is 14.6 Å². The van der Waals surface area contributed by atoms with Gasteiger partial charge in [0, 0.05) is 26.4 Å². The first-order valence-corrected chi connectivity index (χ1v) is 4.65. The monoisotopic (exact) mass is 175 g/mol. The van der Waals surface area contributed by atoms with Crippen LogP contribution in [0, 0.1) is 0 Å². The Labute approximate surface area is 74.7 Å². The van der Waals surface area contributed by atoms with Crippen molar-refractivity contribution in [1.29, 1.82) is 0 Å². The second-order valence-electron chi connectivity index (χ2n) is 2.64. The summed E-state index contributed by atoms with van der Waals surface area (Å²) in [7, 11) is 0. The van der Waals surface area contributed by atoms with E-state index in [1.165, 1.54) is 0 Å². The molecule has 0 saturated carbocycles. The Morgan fingerprint density at radius 2 is 1.50 bits per heavy atom. The molecule has 73 valence electrons. The summed E-state index contributed by atoms with van der Waals surface area (Å²) in [5.41, 5.74) is 0. The first kappa shape index (κ1) is 11.9. The Balaban J connectivity index is 2.73. The lowest BCUT2D eigenvalue weighted by molar-refractivity contribution is 0.0700. The van der Waals surface area contributed by atoms with Crippen molar-refractivity contribution in [3.05, 3.63) is 0 Å². The Kier molecular flexibility index (Phi) is 10.8. The molecular formula is C9H19O3. The smallest absolute Gasteiger partial charge is 0.0844 e. The molecule has 0 saturated heterocycles. The van der Waals surface area contributed by atoms with Gasteiger partial charge in [-0.15, -0.1) is 0 Å². The van der Waals surface area contributed by atoms with Crippen LogP contribution in [0.3, 0.4) is 0 Å². The number of rotatable bonds is 9. The molecule has 0 unspecified atom stereocenters. The molecule has 0 fully saturated rings. The van der Waals surface area contributed by atoms with E-state index >= 15 is 0 Å². The summed E-state index contributed by atoms with van der Waals surface area (Å²) in [4.78, 5) is 0. The Bertz CT molecular complexity index is 66.2. The van der Waals surface area contributed by atoms with Crippen LogP contribution in [0.4, 0.5) is 0 Å². The van der Waals surface area contributed by atoms with Crippen molar-refractivity contribution in [2.24, 2.45) is 0 Å². The van der Waals surface area contributed by atoms with Gasteiger partial charge in [-0.3, -0.25) is 0 Å². The Hall–Kier alpha value is -0.120. The van der Waals surface area contributed by atoms with Crippen LogP contribution in [0.25, 0.3) is 0 Å². The van der Waals surface area contributed by atoms with E-state index in [1.807, 2.05) is 0 Å². The number of hydrogen-bond acceptors (Lipinski definition) is 2. The Morgan fingerprint density at radius 1 is 0.917 bits per heavy atom. The first-order chi connectivity index (χ1) is 5.91. The lowest BCUT2D eigenvalue weighted by Gasteiger charge is -2.03. The molecule has 0 rings (SSSR count).